The summed E-state index contributed by atoms with van der Waals surface area (Å²) in [6.45, 7) is 5.66. The predicted octanol–water partition coefficient (Wildman–Crippen LogP) is -0.0935. The van der Waals surface area contributed by atoms with E-state index in [1.165, 1.54) is 6.92 Å². The Balaban J connectivity index is 2.77. The van der Waals surface area contributed by atoms with Gasteiger partial charge in [-0.1, -0.05) is 44.2 Å². The van der Waals surface area contributed by atoms with Crippen molar-refractivity contribution < 1.29 is 38.2 Å². The van der Waals surface area contributed by atoms with Crippen molar-refractivity contribution >= 4 is 35.7 Å². The summed E-state index contributed by atoms with van der Waals surface area (Å²) < 4.78 is 9.76. The molecule has 0 radical (unpaired) electrons. The van der Waals surface area contributed by atoms with Crippen molar-refractivity contribution in [2.75, 3.05) is 13.2 Å². The van der Waals surface area contributed by atoms with Crippen molar-refractivity contribution in [1.82, 2.24) is 21.1 Å². The van der Waals surface area contributed by atoms with E-state index in [-0.39, 0.29) is 13.2 Å². The maximum Gasteiger partial charge on any atom is 0.408 e. The molecule has 1 rings (SSSR count). The Kier molecular flexibility index (Phi) is 12.9. The number of hydrazine groups is 1. The van der Waals surface area contributed by atoms with Crippen molar-refractivity contribution in [3.63, 3.8) is 0 Å². The zero-order chi connectivity index (χ0) is 28.0. The molecule has 0 unspecified atom stereocenters. The van der Waals surface area contributed by atoms with E-state index in [2.05, 4.69) is 20.8 Å². The quantitative estimate of drug-likeness (QED) is 0.167. The minimum absolute atomic E-state index is 0.00633. The molecule has 2 atom stereocenters. The lowest BCUT2D eigenvalue weighted by atomic mass is 10.0. The van der Waals surface area contributed by atoms with Gasteiger partial charge in [-0.2, -0.15) is 0 Å². The molecule has 37 heavy (non-hydrogen) atoms. The number of primary amides is 1. The highest BCUT2D eigenvalue weighted by Gasteiger charge is 2.29. The summed E-state index contributed by atoms with van der Waals surface area (Å²) >= 11 is 0. The van der Waals surface area contributed by atoms with Crippen molar-refractivity contribution in [1.29, 1.82) is 0 Å². The molecule has 13 nitrogen and oxygen atoms in total. The molecule has 0 aliphatic carbocycles. The first-order chi connectivity index (χ1) is 17.4. The van der Waals surface area contributed by atoms with Crippen LogP contribution in [0, 0.1) is 5.92 Å². The molecule has 0 bridgehead atoms. The van der Waals surface area contributed by atoms with E-state index >= 15 is 0 Å². The van der Waals surface area contributed by atoms with Gasteiger partial charge in [-0.3, -0.25) is 24.6 Å². The normalized spacial score (nSPS) is 12.2. The molecule has 0 fully saturated rings. The van der Waals surface area contributed by atoms with E-state index in [0.29, 0.717) is 5.01 Å². The molecule has 0 saturated carbocycles. The number of ether oxygens (including phenoxy) is 2. The summed E-state index contributed by atoms with van der Waals surface area (Å²) in [7, 11) is 0. The highest BCUT2D eigenvalue weighted by Crippen LogP contribution is 2.05. The lowest BCUT2D eigenvalue weighted by molar-refractivity contribution is -0.143. The summed E-state index contributed by atoms with van der Waals surface area (Å²) in [6.07, 6.45) is 0.804. The van der Waals surface area contributed by atoms with Crippen LogP contribution in [0.2, 0.25) is 0 Å². The number of hydrogen-bond acceptors (Lipinski definition) is 8. The van der Waals surface area contributed by atoms with E-state index in [4.69, 9.17) is 10.5 Å². The van der Waals surface area contributed by atoms with Crippen molar-refractivity contribution in [2.45, 2.75) is 46.4 Å². The summed E-state index contributed by atoms with van der Waals surface area (Å²) in [4.78, 5) is 72.8. The average molecular weight is 520 g/mol. The SMILES string of the molecule is CCOC(=O)/C=C/C(=O)N(CC(N)=O)NC(=O)[C@@H](NC(=O)[C@H](C)NC(=O)OCc1ccccc1)C(C)C. The number of alkyl carbamates (subject to hydrolysis) is 1. The Morgan fingerprint density at radius 2 is 1.59 bits per heavy atom. The van der Waals surface area contributed by atoms with Crippen LogP contribution < -0.4 is 21.8 Å². The Labute approximate surface area is 214 Å². The Morgan fingerprint density at radius 3 is 2.16 bits per heavy atom. The lowest BCUT2D eigenvalue weighted by Gasteiger charge is -2.27. The number of carbonyl (C=O) groups excluding carboxylic acids is 6. The van der Waals surface area contributed by atoms with Gasteiger partial charge in [-0.15, -0.1) is 0 Å². The van der Waals surface area contributed by atoms with Crippen LogP contribution >= 0.6 is 0 Å². The van der Waals surface area contributed by atoms with Gasteiger partial charge in [0.05, 0.1) is 6.61 Å². The summed E-state index contributed by atoms with van der Waals surface area (Å²) in [5, 5.41) is 5.47. The molecule has 5 amide bonds. The monoisotopic (exact) mass is 519 g/mol. The molecule has 1 aromatic carbocycles. The molecule has 0 heterocycles. The Morgan fingerprint density at radius 1 is 0.946 bits per heavy atom. The number of amides is 5. The molecule has 13 heteroatoms. The summed E-state index contributed by atoms with van der Waals surface area (Å²) in [6, 6.07) is 6.72. The van der Waals surface area contributed by atoms with Gasteiger partial charge in [-0.25, -0.2) is 14.6 Å². The van der Waals surface area contributed by atoms with Gasteiger partial charge in [0.2, 0.25) is 11.8 Å². The highest BCUT2D eigenvalue weighted by molar-refractivity contribution is 5.98. The van der Waals surface area contributed by atoms with E-state index in [9.17, 15) is 28.8 Å². The molecule has 0 aliphatic heterocycles. The van der Waals surface area contributed by atoms with Gasteiger partial charge >= 0.3 is 12.1 Å². The third kappa shape index (κ3) is 11.7. The molecule has 202 valence electrons. The van der Waals surface area contributed by atoms with Crippen LogP contribution in [0.1, 0.15) is 33.3 Å². The first-order valence-electron chi connectivity index (χ1n) is 11.5. The number of esters is 1. The molecule has 0 spiro atoms. The largest absolute Gasteiger partial charge is 0.463 e. The molecule has 0 saturated heterocycles. The van der Waals surface area contributed by atoms with Gasteiger partial charge < -0.3 is 25.8 Å². The van der Waals surface area contributed by atoms with Gasteiger partial charge in [0.15, 0.2) is 0 Å². The van der Waals surface area contributed by atoms with Crippen LogP contribution in [-0.4, -0.2) is 65.9 Å². The number of carbonyl (C=O) groups is 6. The fourth-order valence-corrected chi connectivity index (χ4v) is 2.77. The van der Waals surface area contributed by atoms with Gasteiger partial charge in [0, 0.05) is 12.2 Å². The van der Waals surface area contributed by atoms with E-state index < -0.39 is 60.2 Å². The smallest absolute Gasteiger partial charge is 0.408 e. The fourth-order valence-electron chi connectivity index (χ4n) is 2.77. The van der Waals surface area contributed by atoms with Crippen LogP contribution in [0.3, 0.4) is 0 Å². The van der Waals surface area contributed by atoms with Crippen LogP contribution in [0.25, 0.3) is 0 Å². The molecular formula is C24H33N5O8. The van der Waals surface area contributed by atoms with Crippen LogP contribution in [-0.2, 0) is 40.1 Å². The summed E-state index contributed by atoms with van der Waals surface area (Å²) in [5.74, 6) is -4.64. The third-order valence-corrected chi connectivity index (χ3v) is 4.66. The molecule has 5 N–H and O–H groups in total. The van der Waals surface area contributed by atoms with E-state index in [1.807, 2.05) is 6.07 Å². The van der Waals surface area contributed by atoms with E-state index in [1.54, 1.807) is 45.0 Å². The fraction of sp³-hybridized carbons (Fsp3) is 0.417. The van der Waals surface area contributed by atoms with Gasteiger partial charge in [0.1, 0.15) is 25.2 Å². The Bertz CT molecular complexity index is 996. The topological polar surface area (TPSA) is 186 Å². The first kappa shape index (κ1) is 30.6. The highest BCUT2D eigenvalue weighted by atomic mass is 16.5. The van der Waals surface area contributed by atoms with Gasteiger partial charge in [-0.05, 0) is 25.3 Å². The summed E-state index contributed by atoms with van der Waals surface area (Å²) in [5.41, 5.74) is 8.14. The molecular weight excluding hydrogens is 486 g/mol. The number of nitrogens with one attached hydrogen (secondary N) is 3. The van der Waals surface area contributed by atoms with Crippen molar-refractivity contribution in [3.05, 3.63) is 48.0 Å². The minimum Gasteiger partial charge on any atom is -0.463 e. The van der Waals surface area contributed by atoms with Crippen molar-refractivity contribution in [3.8, 4) is 0 Å². The Hall–Kier alpha value is -4.42. The van der Waals surface area contributed by atoms with Crippen LogP contribution in [0.5, 0.6) is 0 Å². The number of nitrogens with two attached hydrogens (primary N) is 1. The minimum atomic E-state index is -1.16. The molecule has 1 aromatic rings. The number of hydrogen-bond donors (Lipinski definition) is 4. The molecule has 0 aliphatic rings. The second kappa shape index (κ2) is 15.5. The predicted molar refractivity (Wildman–Crippen MR) is 131 cm³/mol. The maximum atomic E-state index is 12.9. The zero-order valence-corrected chi connectivity index (χ0v) is 21.2. The lowest BCUT2D eigenvalue weighted by Crippen LogP contribution is -2.59. The van der Waals surface area contributed by atoms with Crippen molar-refractivity contribution in [2.24, 2.45) is 11.7 Å². The second-order valence-corrected chi connectivity index (χ2v) is 8.11. The number of nitrogens with zero attached hydrogens (tertiary/aromatic N) is 1. The maximum absolute atomic E-state index is 12.9. The third-order valence-electron chi connectivity index (χ3n) is 4.66. The molecule has 0 aromatic heterocycles. The second-order valence-electron chi connectivity index (χ2n) is 8.11. The number of rotatable bonds is 12. The zero-order valence-electron chi connectivity index (χ0n) is 21.2. The first-order valence-corrected chi connectivity index (χ1v) is 11.5. The standard InChI is InChI=1S/C24H33N5O8/c1-5-36-20(32)12-11-19(31)29(13-18(25)30)28-23(34)21(15(2)3)27-22(33)16(4)26-24(35)37-14-17-9-7-6-8-10-17/h6-12,15-16,21H,5,13-14H2,1-4H3,(H2,25,30)(H,26,35)(H,27,33)(H,28,34)/b12-11+/t16-,21-/m0/s1. The van der Waals surface area contributed by atoms with E-state index in [0.717, 1.165) is 17.7 Å². The number of benzene rings is 1. The average Bonchev–Trinajstić information content (AvgIpc) is 2.84. The van der Waals surface area contributed by atoms with Gasteiger partial charge in [0.25, 0.3) is 11.8 Å². The van der Waals surface area contributed by atoms with Crippen LogP contribution in [0.15, 0.2) is 42.5 Å². The van der Waals surface area contributed by atoms with Crippen LogP contribution in [0.4, 0.5) is 4.79 Å².